The van der Waals surface area contributed by atoms with E-state index in [4.69, 9.17) is 4.52 Å². The van der Waals surface area contributed by atoms with E-state index in [1.54, 1.807) is 11.4 Å². The number of aromatic nitrogens is 2. The van der Waals surface area contributed by atoms with Gasteiger partial charge in [0.1, 0.15) is 0 Å². The molecule has 1 amide bonds. The number of carbonyl (C=O) groups is 1. The summed E-state index contributed by atoms with van der Waals surface area (Å²) < 4.78 is 30.7. The van der Waals surface area contributed by atoms with E-state index >= 15 is 0 Å². The zero-order valence-electron chi connectivity index (χ0n) is 10.3. The first-order chi connectivity index (χ1) is 9.65. The number of rotatable bonds is 3. The average Bonchev–Trinajstić information content (AvgIpc) is 3.08. The quantitative estimate of drug-likeness (QED) is 0.946. The number of nitrogens with zero attached hydrogens (tertiary/aromatic N) is 2. The lowest BCUT2D eigenvalue weighted by molar-refractivity contribution is -0.122. The van der Waals surface area contributed by atoms with Gasteiger partial charge < -0.3 is 9.84 Å². The van der Waals surface area contributed by atoms with Crippen LogP contribution in [0.1, 0.15) is 35.9 Å². The summed E-state index contributed by atoms with van der Waals surface area (Å²) in [6.07, 6.45) is -1.51. The minimum atomic E-state index is -2.56. The van der Waals surface area contributed by atoms with Crippen molar-refractivity contribution in [3.8, 4) is 11.5 Å². The predicted molar refractivity (Wildman–Crippen MR) is 67.6 cm³/mol. The van der Waals surface area contributed by atoms with Crippen LogP contribution in [0.3, 0.4) is 0 Å². The van der Waals surface area contributed by atoms with Crippen molar-refractivity contribution >= 4 is 17.2 Å². The third-order valence-electron chi connectivity index (χ3n) is 3.20. The molecule has 1 aliphatic rings. The Labute approximate surface area is 117 Å². The predicted octanol–water partition coefficient (Wildman–Crippen LogP) is 2.73. The number of thiophene rings is 1. The molecule has 0 saturated carbocycles. The van der Waals surface area contributed by atoms with E-state index in [1.165, 1.54) is 0 Å². The number of piperidine rings is 1. The summed E-state index contributed by atoms with van der Waals surface area (Å²) in [6.45, 7) is 0.448. The van der Waals surface area contributed by atoms with Crippen LogP contribution in [-0.4, -0.2) is 22.6 Å². The van der Waals surface area contributed by atoms with Crippen LogP contribution < -0.4 is 5.32 Å². The van der Waals surface area contributed by atoms with E-state index < -0.39 is 6.43 Å². The molecule has 1 unspecified atom stereocenters. The molecule has 1 fully saturated rings. The highest BCUT2D eigenvalue weighted by Gasteiger charge is 2.26. The molecular weight excluding hydrogens is 288 g/mol. The van der Waals surface area contributed by atoms with Gasteiger partial charge in [-0.1, -0.05) is 5.16 Å². The van der Waals surface area contributed by atoms with Gasteiger partial charge in [-0.3, -0.25) is 4.79 Å². The van der Waals surface area contributed by atoms with Crippen LogP contribution in [0.15, 0.2) is 16.0 Å². The van der Waals surface area contributed by atoms with E-state index in [2.05, 4.69) is 15.5 Å². The molecule has 2 aromatic rings. The Balaban J connectivity index is 1.83. The molecule has 8 heteroatoms. The van der Waals surface area contributed by atoms with Gasteiger partial charge in [0.2, 0.25) is 5.91 Å². The highest BCUT2D eigenvalue weighted by Crippen LogP contribution is 2.35. The maximum absolute atomic E-state index is 12.8. The molecule has 0 radical (unpaired) electrons. The zero-order chi connectivity index (χ0) is 14.1. The number of amides is 1. The highest BCUT2D eigenvalue weighted by molar-refractivity contribution is 7.10. The Hall–Kier alpha value is -1.83. The van der Waals surface area contributed by atoms with Gasteiger partial charge in [0.05, 0.1) is 10.4 Å². The number of halogens is 2. The Morgan fingerprint density at radius 3 is 3.05 bits per heavy atom. The Morgan fingerprint density at radius 2 is 2.35 bits per heavy atom. The molecule has 0 bridgehead atoms. The molecule has 1 aliphatic heterocycles. The summed E-state index contributed by atoms with van der Waals surface area (Å²) in [6, 6.07) is 1.55. The fourth-order valence-electron chi connectivity index (χ4n) is 2.13. The fourth-order valence-corrected chi connectivity index (χ4v) is 2.87. The molecule has 106 valence electrons. The van der Waals surface area contributed by atoms with Gasteiger partial charge >= 0.3 is 0 Å². The number of carbonyl (C=O) groups excluding carboxylic acids is 1. The first kappa shape index (κ1) is 13.2. The summed E-state index contributed by atoms with van der Waals surface area (Å²) >= 11 is 0.963. The van der Waals surface area contributed by atoms with Gasteiger partial charge in [0.25, 0.3) is 12.3 Å². The van der Waals surface area contributed by atoms with Crippen LogP contribution in [0.4, 0.5) is 8.78 Å². The summed E-state index contributed by atoms with van der Waals surface area (Å²) in [7, 11) is 0. The van der Waals surface area contributed by atoms with Crippen LogP contribution >= 0.6 is 11.3 Å². The fraction of sp³-hybridized carbons (Fsp3) is 0.417. The molecule has 20 heavy (non-hydrogen) atoms. The van der Waals surface area contributed by atoms with Crippen molar-refractivity contribution in [2.24, 2.45) is 0 Å². The molecule has 2 aromatic heterocycles. The van der Waals surface area contributed by atoms with Crippen LogP contribution in [0, 0.1) is 0 Å². The van der Waals surface area contributed by atoms with Gasteiger partial charge in [0, 0.05) is 18.9 Å². The van der Waals surface area contributed by atoms with Gasteiger partial charge in [-0.15, -0.1) is 11.3 Å². The smallest absolute Gasteiger partial charge is 0.273 e. The molecule has 0 aliphatic carbocycles. The third-order valence-corrected chi connectivity index (χ3v) is 4.12. The molecule has 0 aromatic carbocycles. The number of hydrogen-bond donors (Lipinski definition) is 1. The summed E-state index contributed by atoms with van der Waals surface area (Å²) in [5, 5.41) is 8.14. The number of alkyl halides is 2. The molecular formula is C12H11F2N3O2S. The Kier molecular flexibility index (Phi) is 3.47. The second-order valence-electron chi connectivity index (χ2n) is 4.50. The summed E-state index contributed by atoms with van der Waals surface area (Å²) in [5.74, 6) is 0.529. The van der Waals surface area contributed by atoms with Gasteiger partial charge in [0.15, 0.2) is 5.82 Å². The largest absolute Gasteiger partial charge is 0.355 e. The normalized spacial score (nSPS) is 19.4. The maximum Gasteiger partial charge on any atom is 0.273 e. The van der Waals surface area contributed by atoms with Gasteiger partial charge in [-0.05, 0) is 17.9 Å². The Bertz CT molecular complexity index is 616. The summed E-state index contributed by atoms with van der Waals surface area (Å²) in [5.41, 5.74) is 0.281. The van der Waals surface area contributed by atoms with E-state index in [0.717, 1.165) is 11.3 Å². The van der Waals surface area contributed by atoms with Crippen molar-refractivity contribution in [2.75, 3.05) is 6.54 Å². The van der Waals surface area contributed by atoms with Crippen LogP contribution in [0.5, 0.6) is 0 Å². The molecule has 5 nitrogen and oxygen atoms in total. The topological polar surface area (TPSA) is 68.0 Å². The highest BCUT2D eigenvalue weighted by atomic mass is 32.1. The lowest BCUT2D eigenvalue weighted by Gasteiger charge is -2.18. The van der Waals surface area contributed by atoms with Crippen molar-refractivity contribution in [2.45, 2.75) is 25.2 Å². The number of nitrogens with one attached hydrogen (secondary N) is 1. The van der Waals surface area contributed by atoms with Gasteiger partial charge in [-0.2, -0.15) is 4.98 Å². The second kappa shape index (κ2) is 5.28. The standard InChI is InChI=1S/C12H11F2N3O2S/c13-10(14)9-7(3-4-20-9)12-16-11(17-19-12)6-1-2-8(18)15-5-6/h3-4,6,10H,1-2,5H2,(H,15,18). The first-order valence-electron chi connectivity index (χ1n) is 6.11. The van der Waals surface area contributed by atoms with Crippen molar-refractivity contribution in [1.29, 1.82) is 0 Å². The van der Waals surface area contributed by atoms with E-state index in [0.29, 0.717) is 25.2 Å². The van der Waals surface area contributed by atoms with Crippen LogP contribution in [0.25, 0.3) is 11.5 Å². The van der Waals surface area contributed by atoms with Gasteiger partial charge in [-0.25, -0.2) is 8.78 Å². The Morgan fingerprint density at radius 1 is 1.50 bits per heavy atom. The SMILES string of the molecule is O=C1CCC(c2noc(-c3ccsc3C(F)F)n2)CN1. The van der Waals surface area contributed by atoms with E-state index in [1.807, 2.05) is 0 Å². The minimum Gasteiger partial charge on any atom is -0.355 e. The zero-order valence-corrected chi connectivity index (χ0v) is 11.1. The average molecular weight is 299 g/mol. The first-order valence-corrected chi connectivity index (χ1v) is 6.99. The van der Waals surface area contributed by atoms with Crippen molar-refractivity contribution in [3.63, 3.8) is 0 Å². The van der Waals surface area contributed by atoms with Crippen molar-refractivity contribution in [1.82, 2.24) is 15.5 Å². The van der Waals surface area contributed by atoms with Crippen LogP contribution in [0.2, 0.25) is 0 Å². The molecule has 1 atom stereocenters. The molecule has 1 saturated heterocycles. The molecule has 3 rings (SSSR count). The molecule has 0 spiro atoms. The number of hydrogen-bond acceptors (Lipinski definition) is 5. The van der Waals surface area contributed by atoms with Crippen LogP contribution in [-0.2, 0) is 4.79 Å². The third kappa shape index (κ3) is 2.43. The lowest BCUT2D eigenvalue weighted by Crippen LogP contribution is -2.34. The van der Waals surface area contributed by atoms with Crippen molar-refractivity contribution < 1.29 is 18.1 Å². The maximum atomic E-state index is 12.8. The van der Waals surface area contributed by atoms with E-state index in [-0.39, 0.29) is 28.2 Å². The lowest BCUT2D eigenvalue weighted by atomic mass is 9.99. The molecule has 1 N–H and O–H groups in total. The molecule has 3 heterocycles. The van der Waals surface area contributed by atoms with E-state index in [9.17, 15) is 13.6 Å². The monoisotopic (exact) mass is 299 g/mol. The summed E-state index contributed by atoms with van der Waals surface area (Å²) in [4.78, 5) is 15.2. The van der Waals surface area contributed by atoms with Crippen molar-refractivity contribution in [3.05, 3.63) is 22.1 Å². The minimum absolute atomic E-state index is 0.00258. The second-order valence-corrected chi connectivity index (χ2v) is 5.44.